The number of hydrogen-bond acceptors (Lipinski definition) is 5. The second-order valence-electron chi connectivity index (χ2n) is 4.66. The summed E-state index contributed by atoms with van der Waals surface area (Å²) in [7, 11) is -4.20. The fourth-order valence-corrected chi connectivity index (χ4v) is 3.15. The highest BCUT2D eigenvalue weighted by Crippen LogP contribution is 2.16. The van der Waals surface area contributed by atoms with Crippen molar-refractivity contribution in [1.29, 1.82) is 0 Å². The quantitative estimate of drug-likeness (QED) is 0.365. The van der Waals surface area contributed by atoms with Gasteiger partial charge in [0.25, 0.3) is 10.1 Å². The normalized spacial score (nSPS) is 13.9. The Balaban J connectivity index is 4.44. The molecule has 19 heavy (non-hydrogen) atoms. The van der Waals surface area contributed by atoms with E-state index in [1.165, 1.54) is 4.90 Å². The molecule has 0 aliphatic heterocycles. The molecule has 0 aromatic carbocycles. The first-order chi connectivity index (χ1) is 8.97. The maximum absolute atomic E-state index is 11.4. The number of aliphatic hydroxyl groups is 2. The van der Waals surface area contributed by atoms with Crippen LogP contribution in [-0.2, 0) is 10.1 Å². The lowest BCUT2D eigenvalue weighted by Crippen LogP contribution is -2.44. The van der Waals surface area contributed by atoms with Gasteiger partial charge in [0.05, 0.1) is 13.2 Å². The van der Waals surface area contributed by atoms with Crippen molar-refractivity contribution in [2.24, 2.45) is 0 Å². The van der Waals surface area contributed by atoms with Gasteiger partial charge >= 0.3 is 0 Å². The topological polar surface area (TPSA) is 98.1 Å². The maximum atomic E-state index is 11.4. The molecule has 0 radical (unpaired) electrons. The minimum atomic E-state index is -4.20. The van der Waals surface area contributed by atoms with E-state index in [1.54, 1.807) is 0 Å². The Kier molecular flexibility index (Phi) is 10.4. The van der Waals surface area contributed by atoms with Crippen molar-refractivity contribution in [3.63, 3.8) is 0 Å². The molecule has 3 N–H and O–H groups in total. The van der Waals surface area contributed by atoms with Crippen molar-refractivity contribution in [2.75, 3.05) is 26.3 Å². The molecular formula is C12H27NO5S. The molecule has 0 bridgehead atoms. The van der Waals surface area contributed by atoms with E-state index in [0.717, 1.165) is 25.7 Å². The summed E-state index contributed by atoms with van der Waals surface area (Å²) in [5.41, 5.74) is 0. The fraction of sp³-hybridized carbons (Fsp3) is 1.00. The van der Waals surface area contributed by atoms with Crippen LogP contribution in [0.15, 0.2) is 0 Å². The van der Waals surface area contributed by atoms with Gasteiger partial charge in [-0.2, -0.15) is 8.42 Å². The van der Waals surface area contributed by atoms with E-state index in [-0.39, 0.29) is 26.3 Å². The van der Waals surface area contributed by atoms with Crippen LogP contribution in [0.4, 0.5) is 0 Å². The van der Waals surface area contributed by atoms with Crippen LogP contribution in [0.3, 0.4) is 0 Å². The predicted octanol–water partition coefficient (Wildman–Crippen LogP) is 0.847. The summed E-state index contributed by atoms with van der Waals surface area (Å²) in [5.74, 6) is 0. The highest BCUT2D eigenvalue weighted by molar-refractivity contribution is 7.86. The fourth-order valence-electron chi connectivity index (χ4n) is 2.10. The smallest absolute Gasteiger partial charge is 0.281 e. The minimum Gasteiger partial charge on any atom is -0.395 e. The summed E-state index contributed by atoms with van der Waals surface area (Å²) in [4.78, 5) is 1.41. The van der Waals surface area contributed by atoms with Gasteiger partial charge in [-0.1, -0.05) is 39.0 Å². The maximum Gasteiger partial charge on any atom is 0.281 e. The van der Waals surface area contributed by atoms with Crippen molar-refractivity contribution in [3.8, 4) is 0 Å². The number of unbranched alkanes of at least 4 members (excludes halogenated alkanes) is 4. The van der Waals surface area contributed by atoms with Crippen LogP contribution in [0.1, 0.15) is 45.4 Å². The Morgan fingerprint density at radius 1 is 1.00 bits per heavy atom. The Morgan fingerprint density at radius 2 is 1.53 bits per heavy atom. The van der Waals surface area contributed by atoms with Gasteiger partial charge < -0.3 is 10.2 Å². The number of rotatable bonds is 12. The molecule has 0 heterocycles. The second kappa shape index (κ2) is 10.6. The Morgan fingerprint density at radius 3 is 1.95 bits per heavy atom. The highest BCUT2D eigenvalue weighted by Gasteiger charge is 2.28. The van der Waals surface area contributed by atoms with Gasteiger partial charge in [0.15, 0.2) is 0 Å². The van der Waals surface area contributed by atoms with E-state index in [2.05, 4.69) is 6.92 Å². The van der Waals surface area contributed by atoms with Crippen molar-refractivity contribution in [1.82, 2.24) is 4.90 Å². The van der Waals surface area contributed by atoms with Crippen LogP contribution in [0.25, 0.3) is 0 Å². The molecule has 0 spiro atoms. The summed E-state index contributed by atoms with van der Waals surface area (Å²) < 4.78 is 32.1. The van der Waals surface area contributed by atoms with E-state index in [0.29, 0.717) is 12.8 Å². The van der Waals surface area contributed by atoms with Gasteiger partial charge in [-0.25, -0.2) is 0 Å². The zero-order valence-electron chi connectivity index (χ0n) is 11.7. The standard InChI is InChI=1S/C12H27NO5S/c1-2-3-4-5-6-7-12(19(16,17)18)13(8-10-14)9-11-15/h12,14-15H,2-11H2,1H3,(H,16,17,18). The first-order valence-electron chi connectivity index (χ1n) is 6.89. The molecule has 0 fully saturated rings. The molecule has 0 aliphatic carbocycles. The van der Waals surface area contributed by atoms with Gasteiger partial charge in [0.2, 0.25) is 0 Å². The van der Waals surface area contributed by atoms with Crippen molar-refractivity contribution >= 4 is 10.1 Å². The molecule has 7 heteroatoms. The molecule has 0 amide bonds. The Labute approximate surface area is 116 Å². The summed E-state index contributed by atoms with van der Waals surface area (Å²) >= 11 is 0. The first-order valence-corrected chi connectivity index (χ1v) is 8.39. The molecule has 0 aromatic heterocycles. The van der Waals surface area contributed by atoms with Gasteiger partial charge in [0, 0.05) is 13.1 Å². The summed E-state index contributed by atoms with van der Waals surface area (Å²) in [5, 5.41) is 16.8. The molecular weight excluding hydrogens is 270 g/mol. The molecule has 1 unspecified atom stereocenters. The number of aliphatic hydroxyl groups excluding tert-OH is 2. The van der Waals surface area contributed by atoms with E-state index < -0.39 is 15.5 Å². The average Bonchev–Trinajstić information content (AvgIpc) is 2.32. The van der Waals surface area contributed by atoms with E-state index in [9.17, 15) is 13.0 Å². The lowest BCUT2D eigenvalue weighted by Gasteiger charge is -2.28. The summed E-state index contributed by atoms with van der Waals surface area (Å²) in [6, 6.07) is 0. The van der Waals surface area contributed by atoms with Crippen LogP contribution in [-0.4, -0.2) is 59.8 Å². The largest absolute Gasteiger partial charge is 0.395 e. The van der Waals surface area contributed by atoms with Crippen LogP contribution in [0, 0.1) is 0 Å². The Hall–Kier alpha value is -0.210. The zero-order chi connectivity index (χ0) is 14.7. The minimum absolute atomic E-state index is 0.125. The molecule has 0 aliphatic rings. The van der Waals surface area contributed by atoms with Crippen LogP contribution in [0.2, 0.25) is 0 Å². The van der Waals surface area contributed by atoms with E-state index >= 15 is 0 Å². The summed E-state index contributed by atoms with van der Waals surface area (Å²) in [6.45, 7) is 1.94. The first kappa shape index (κ1) is 18.8. The third-order valence-electron chi connectivity index (χ3n) is 3.08. The van der Waals surface area contributed by atoms with Crippen LogP contribution in [0.5, 0.6) is 0 Å². The SMILES string of the molecule is CCCCCCCC(N(CCO)CCO)S(=O)(=O)O. The molecule has 6 nitrogen and oxygen atoms in total. The van der Waals surface area contributed by atoms with Crippen LogP contribution < -0.4 is 0 Å². The van der Waals surface area contributed by atoms with Crippen LogP contribution >= 0.6 is 0 Å². The molecule has 0 aromatic rings. The third-order valence-corrected chi connectivity index (χ3v) is 4.30. The molecule has 0 rings (SSSR count). The zero-order valence-corrected chi connectivity index (χ0v) is 12.5. The molecule has 116 valence electrons. The van der Waals surface area contributed by atoms with Crippen molar-refractivity contribution in [3.05, 3.63) is 0 Å². The Bertz CT molecular complexity index is 301. The van der Waals surface area contributed by atoms with Crippen molar-refractivity contribution in [2.45, 2.75) is 50.8 Å². The highest BCUT2D eigenvalue weighted by atomic mass is 32.2. The number of hydrogen-bond donors (Lipinski definition) is 3. The summed E-state index contributed by atoms with van der Waals surface area (Å²) in [6.07, 6.45) is 5.23. The van der Waals surface area contributed by atoms with E-state index in [1.807, 2.05) is 0 Å². The molecule has 0 saturated heterocycles. The van der Waals surface area contributed by atoms with E-state index in [4.69, 9.17) is 10.2 Å². The lowest BCUT2D eigenvalue weighted by molar-refractivity contribution is 0.140. The van der Waals surface area contributed by atoms with Gasteiger partial charge in [-0.3, -0.25) is 9.45 Å². The predicted molar refractivity (Wildman–Crippen MR) is 74.5 cm³/mol. The monoisotopic (exact) mass is 297 g/mol. The van der Waals surface area contributed by atoms with Gasteiger partial charge in [-0.15, -0.1) is 0 Å². The molecule has 0 saturated carbocycles. The van der Waals surface area contributed by atoms with Crippen molar-refractivity contribution < 1.29 is 23.2 Å². The second-order valence-corrected chi connectivity index (χ2v) is 6.23. The number of nitrogens with zero attached hydrogens (tertiary/aromatic N) is 1. The lowest BCUT2D eigenvalue weighted by atomic mass is 10.1. The average molecular weight is 297 g/mol. The molecule has 1 atom stereocenters. The third kappa shape index (κ3) is 8.54. The van der Waals surface area contributed by atoms with Gasteiger partial charge in [-0.05, 0) is 6.42 Å². The van der Waals surface area contributed by atoms with Gasteiger partial charge in [0.1, 0.15) is 5.37 Å².